The second-order valence-electron chi connectivity index (χ2n) is 7.03. The van der Waals surface area contributed by atoms with Crippen LogP contribution in [0.15, 0.2) is 42.7 Å². The molecule has 1 N–H and O–H groups in total. The van der Waals surface area contributed by atoms with E-state index in [1.54, 1.807) is 19.5 Å². The molecular weight excluding hydrogens is 328 g/mol. The molecule has 2 aliphatic rings. The van der Waals surface area contributed by atoms with Gasteiger partial charge in [0.15, 0.2) is 0 Å². The van der Waals surface area contributed by atoms with Gasteiger partial charge >= 0.3 is 0 Å². The number of carbonyl (C=O) groups is 1. The molecule has 26 heavy (non-hydrogen) atoms. The average molecular weight is 352 g/mol. The zero-order valence-corrected chi connectivity index (χ0v) is 15.0. The Balaban J connectivity index is 1.44. The molecule has 2 fully saturated rings. The molecule has 2 heterocycles. The fourth-order valence-electron chi connectivity index (χ4n) is 3.91. The zero-order chi connectivity index (χ0) is 18.0. The summed E-state index contributed by atoms with van der Waals surface area (Å²) < 4.78 is 5.47. The highest BCUT2D eigenvalue weighted by atomic mass is 16.5. The van der Waals surface area contributed by atoms with Crippen molar-refractivity contribution in [2.45, 2.75) is 37.1 Å². The highest BCUT2D eigenvalue weighted by molar-refractivity contribution is 5.92. The quantitative estimate of drug-likeness (QED) is 0.864. The fourth-order valence-corrected chi connectivity index (χ4v) is 3.91. The lowest BCUT2D eigenvalue weighted by Crippen LogP contribution is -2.44. The van der Waals surface area contributed by atoms with E-state index in [1.165, 1.54) is 0 Å². The van der Waals surface area contributed by atoms with Gasteiger partial charge in [0, 0.05) is 37.1 Å². The smallest absolute Gasteiger partial charge is 0.230 e. The lowest BCUT2D eigenvalue weighted by atomic mass is 9.94. The van der Waals surface area contributed by atoms with Crippen LogP contribution >= 0.6 is 0 Å². The number of benzene rings is 1. The van der Waals surface area contributed by atoms with Crippen LogP contribution in [0, 0.1) is 0 Å². The standard InChI is InChI=1S/C20H24N4O2/c1-26-17-8-3-2-7-16(17)20(9-10-20)18(25)23-14-15-6-4-13-24(15)19-21-11-5-12-22-19/h2-3,5,7-8,11-12,15H,4,6,9-10,13-14H2,1H3,(H,23,25). The van der Waals surface area contributed by atoms with Crippen LogP contribution in [0.2, 0.25) is 0 Å². The summed E-state index contributed by atoms with van der Waals surface area (Å²) in [6, 6.07) is 9.90. The van der Waals surface area contributed by atoms with Gasteiger partial charge in [-0.15, -0.1) is 0 Å². The summed E-state index contributed by atoms with van der Waals surface area (Å²) in [6.07, 6.45) is 7.40. The third-order valence-electron chi connectivity index (χ3n) is 5.49. The van der Waals surface area contributed by atoms with Gasteiger partial charge < -0.3 is 15.0 Å². The van der Waals surface area contributed by atoms with Gasteiger partial charge in [-0.2, -0.15) is 0 Å². The summed E-state index contributed by atoms with van der Waals surface area (Å²) in [6.45, 7) is 1.55. The van der Waals surface area contributed by atoms with E-state index in [1.807, 2.05) is 30.3 Å². The van der Waals surface area contributed by atoms with Gasteiger partial charge in [0.2, 0.25) is 11.9 Å². The first kappa shape index (κ1) is 16.8. The second kappa shape index (κ2) is 6.94. The number of rotatable bonds is 6. The minimum atomic E-state index is -0.431. The zero-order valence-electron chi connectivity index (χ0n) is 15.0. The number of hydrogen-bond acceptors (Lipinski definition) is 5. The molecule has 1 aromatic carbocycles. The molecule has 0 radical (unpaired) electrons. The molecule has 1 unspecified atom stereocenters. The molecule has 6 nitrogen and oxygen atoms in total. The van der Waals surface area contributed by atoms with Crippen LogP contribution in [0.25, 0.3) is 0 Å². The monoisotopic (exact) mass is 352 g/mol. The van der Waals surface area contributed by atoms with Crippen LogP contribution in [-0.2, 0) is 10.2 Å². The van der Waals surface area contributed by atoms with E-state index >= 15 is 0 Å². The Kier molecular flexibility index (Phi) is 4.49. The third-order valence-corrected chi connectivity index (χ3v) is 5.49. The molecule has 1 amide bonds. The van der Waals surface area contributed by atoms with Crippen molar-refractivity contribution < 1.29 is 9.53 Å². The molecule has 1 aromatic heterocycles. The first-order chi connectivity index (χ1) is 12.7. The summed E-state index contributed by atoms with van der Waals surface area (Å²) in [5.74, 6) is 1.64. The normalized spacial score (nSPS) is 20.7. The number of nitrogens with one attached hydrogen (secondary N) is 1. The van der Waals surface area contributed by atoms with Crippen molar-refractivity contribution in [1.82, 2.24) is 15.3 Å². The van der Waals surface area contributed by atoms with E-state index in [2.05, 4.69) is 20.2 Å². The number of para-hydroxylation sites is 1. The van der Waals surface area contributed by atoms with Crippen LogP contribution in [0.1, 0.15) is 31.2 Å². The summed E-state index contributed by atoms with van der Waals surface area (Å²) in [4.78, 5) is 23.9. The SMILES string of the molecule is COc1ccccc1C1(C(=O)NCC2CCCN2c2ncccn2)CC1. The summed E-state index contributed by atoms with van der Waals surface area (Å²) >= 11 is 0. The molecular formula is C20H24N4O2. The van der Waals surface area contributed by atoms with Crippen LogP contribution < -0.4 is 15.0 Å². The number of ether oxygens (including phenoxy) is 1. The number of aromatic nitrogens is 2. The second-order valence-corrected chi connectivity index (χ2v) is 7.03. The molecule has 4 rings (SSSR count). The Bertz CT molecular complexity index is 776. The first-order valence-corrected chi connectivity index (χ1v) is 9.20. The van der Waals surface area contributed by atoms with Crippen molar-refractivity contribution in [3.05, 3.63) is 48.3 Å². The van der Waals surface area contributed by atoms with Crippen molar-refractivity contribution in [1.29, 1.82) is 0 Å². The number of nitrogens with zero attached hydrogens (tertiary/aromatic N) is 3. The number of amides is 1. The van der Waals surface area contributed by atoms with Crippen LogP contribution in [0.3, 0.4) is 0 Å². The molecule has 1 aliphatic carbocycles. The Morgan fingerprint density at radius 2 is 2.04 bits per heavy atom. The van der Waals surface area contributed by atoms with E-state index in [0.717, 1.165) is 49.5 Å². The Morgan fingerprint density at radius 1 is 1.27 bits per heavy atom. The first-order valence-electron chi connectivity index (χ1n) is 9.20. The van der Waals surface area contributed by atoms with E-state index in [-0.39, 0.29) is 11.9 Å². The predicted molar refractivity (Wildman–Crippen MR) is 99.3 cm³/mol. The van der Waals surface area contributed by atoms with Gasteiger partial charge in [0.1, 0.15) is 5.75 Å². The maximum Gasteiger partial charge on any atom is 0.230 e. The van der Waals surface area contributed by atoms with Crippen molar-refractivity contribution in [2.75, 3.05) is 25.1 Å². The highest BCUT2D eigenvalue weighted by Crippen LogP contribution is 2.51. The third kappa shape index (κ3) is 3.00. The van der Waals surface area contributed by atoms with Gasteiger partial charge in [0.25, 0.3) is 0 Å². The maximum atomic E-state index is 13.0. The van der Waals surface area contributed by atoms with Crippen molar-refractivity contribution in [3.8, 4) is 5.75 Å². The molecule has 1 saturated heterocycles. The molecule has 136 valence electrons. The molecule has 0 spiro atoms. The number of hydrogen-bond donors (Lipinski definition) is 1. The van der Waals surface area contributed by atoms with Crippen molar-refractivity contribution >= 4 is 11.9 Å². The largest absolute Gasteiger partial charge is 0.496 e. The summed E-state index contributed by atoms with van der Waals surface area (Å²) in [5.41, 5.74) is 0.564. The lowest BCUT2D eigenvalue weighted by Gasteiger charge is -2.26. The minimum Gasteiger partial charge on any atom is -0.496 e. The molecule has 6 heteroatoms. The number of anilines is 1. The molecule has 0 bridgehead atoms. The number of methoxy groups -OCH3 is 1. The number of carbonyl (C=O) groups excluding carboxylic acids is 1. The molecule has 1 aliphatic heterocycles. The summed E-state index contributed by atoms with van der Waals surface area (Å²) in [7, 11) is 1.66. The Labute approximate surface area is 153 Å². The van der Waals surface area contributed by atoms with E-state index in [9.17, 15) is 4.79 Å². The van der Waals surface area contributed by atoms with E-state index in [0.29, 0.717) is 6.54 Å². The van der Waals surface area contributed by atoms with Crippen LogP contribution in [-0.4, -0.2) is 42.1 Å². The van der Waals surface area contributed by atoms with Crippen LogP contribution in [0.4, 0.5) is 5.95 Å². The summed E-state index contributed by atoms with van der Waals surface area (Å²) in [5, 5.41) is 3.19. The molecule has 2 aromatic rings. The fraction of sp³-hybridized carbons (Fsp3) is 0.450. The van der Waals surface area contributed by atoms with Gasteiger partial charge in [-0.05, 0) is 37.8 Å². The molecule has 1 atom stereocenters. The van der Waals surface area contributed by atoms with E-state index in [4.69, 9.17) is 4.74 Å². The Morgan fingerprint density at radius 3 is 2.77 bits per heavy atom. The Hall–Kier alpha value is -2.63. The topological polar surface area (TPSA) is 67.3 Å². The van der Waals surface area contributed by atoms with Crippen molar-refractivity contribution in [3.63, 3.8) is 0 Å². The van der Waals surface area contributed by atoms with Gasteiger partial charge in [-0.1, -0.05) is 18.2 Å². The minimum absolute atomic E-state index is 0.0998. The van der Waals surface area contributed by atoms with Crippen molar-refractivity contribution in [2.24, 2.45) is 0 Å². The van der Waals surface area contributed by atoms with Gasteiger partial charge in [-0.3, -0.25) is 4.79 Å². The average Bonchev–Trinajstić information content (AvgIpc) is 3.38. The van der Waals surface area contributed by atoms with Gasteiger partial charge in [0.05, 0.1) is 12.5 Å². The van der Waals surface area contributed by atoms with E-state index < -0.39 is 5.41 Å². The van der Waals surface area contributed by atoms with Gasteiger partial charge in [-0.25, -0.2) is 9.97 Å². The maximum absolute atomic E-state index is 13.0. The predicted octanol–water partition coefficient (Wildman–Crippen LogP) is 2.30. The highest BCUT2D eigenvalue weighted by Gasteiger charge is 2.52. The molecule has 1 saturated carbocycles. The van der Waals surface area contributed by atoms with Crippen LogP contribution in [0.5, 0.6) is 5.75 Å². The lowest BCUT2D eigenvalue weighted by molar-refractivity contribution is -0.123.